The first-order chi connectivity index (χ1) is 9.85. The lowest BCUT2D eigenvalue weighted by Gasteiger charge is -2.09. The highest BCUT2D eigenvalue weighted by atomic mass is 32.2. The van der Waals surface area contributed by atoms with Gasteiger partial charge in [0.15, 0.2) is 6.61 Å². The fourth-order valence-corrected chi connectivity index (χ4v) is 2.08. The van der Waals surface area contributed by atoms with Gasteiger partial charge in [0.2, 0.25) is 0 Å². The minimum atomic E-state index is -0.773. The maximum Gasteiger partial charge on any atom is 0.338 e. The number of benzene rings is 1. The summed E-state index contributed by atoms with van der Waals surface area (Å²) in [5.41, 5.74) is -0.125. The zero-order valence-corrected chi connectivity index (χ0v) is 12.7. The number of carbonyl (C=O) groups excluding carboxylic acids is 2. The molecule has 0 fully saturated rings. The summed E-state index contributed by atoms with van der Waals surface area (Å²) in [6.07, 6.45) is 1.70. The van der Waals surface area contributed by atoms with Crippen LogP contribution in [0.25, 0.3) is 0 Å². The topological polar surface area (TPSA) is 98.5 Å². The second kappa shape index (κ2) is 7.63. The fraction of sp³-hybridized carbons (Fsp3) is 0.385. The van der Waals surface area contributed by atoms with Gasteiger partial charge in [0.1, 0.15) is 0 Å². The summed E-state index contributed by atoms with van der Waals surface area (Å²) in [7, 11) is 0. The third-order valence-corrected chi connectivity index (χ3v) is 3.18. The number of nitro benzene ring substituents is 1. The second-order valence-electron chi connectivity index (χ2n) is 4.44. The molecule has 0 unspecified atom stereocenters. The van der Waals surface area contributed by atoms with Crippen LogP contribution in [-0.2, 0) is 9.53 Å². The van der Waals surface area contributed by atoms with Crippen LogP contribution in [0.5, 0.6) is 0 Å². The van der Waals surface area contributed by atoms with Crippen molar-refractivity contribution in [2.45, 2.75) is 24.8 Å². The first kappa shape index (κ1) is 17.0. The Balaban J connectivity index is 2.77. The average molecular weight is 312 g/mol. The molecule has 114 valence electrons. The fourth-order valence-electron chi connectivity index (χ4n) is 1.54. The number of nitrogens with one attached hydrogen (secondary N) is 1. The minimum Gasteiger partial charge on any atom is -0.452 e. The number of esters is 1. The summed E-state index contributed by atoms with van der Waals surface area (Å²) >= 11 is 1.21. The van der Waals surface area contributed by atoms with Crippen LogP contribution in [0.15, 0.2) is 23.1 Å². The van der Waals surface area contributed by atoms with Gasteiger partial charge in [-0.15, -0.1) is 11.8 Å². The van der Waals surface area contributed by atoms with Crippen molar-refractivity contribution in [1.29, 1.82) is 0 Å². The quantitative estimate of drug-likeness (QED) is 0.373. The summed E-state index contributed by atoms with van der Waals surface area (Å²) in [4.78, 5) is 34.0. The number of ether oxygens (including phenoxy) is 1. The number of nitro groups is 1. The standard InChI is InChI=1S/C13H16N2O5S/c1-8(2)14-12(16)7-20-13(17)9-4-5-11(21-3)10(6-9)15(18)19/h4-6,8H,7H2,1-3H3,(H,14,16). The van der Waals surface area contributed by atoms with E-state index in [1.54, 1.807) is 20.1 Å². The number of nitrogens with zero attached hydrogens (tertiary/aromatic N) is 1. The molecule has 0 aliphatic rings. The van der Waals surface area contributed by atoms with Crippen molar-refractivity contribution in [1.82, 2.24) is 5.32 Å². The van der Waals surface area contributed by atoms with E-state index in [2.05, 4.69) is 5.32 Å². The van der Waals surface area contributed by atoms with E-state index in [9.17, 15) is 19.7 Å². The van der Waals surface area contributed by atoms with Crippen LogP contribution in [0, 0.1) is 10.1 Å². The molecule has 0 aromatic heterocycles. The Kier molecular flexibility index (Phi) is 6.16. The summed E-state index contributed by atoms with van der Waals surface area (Å²) in [5, 5.41) is 13.5. The Morgan fingerprint density at radius 2 is 2.10 bits per heavy atom. The summed E-state index contributed by atoms with van der Waals surface area (Å²) in [6, 6.07) is 4.00. The minimum absolute atomic E-state index is 0.0387. The number of thioether (sulfide) groups is 1. The largest absolute Gasteiger partial charge is 0.452 e. The molecule has 0 saturated heterocycles. The van der Waals surface area contributed by atoms with E-state index in [1.165, 1.54) is 23.9 Å². The van der Waals surface area contributed by atoms with Gasteiger partial charge in [-0.1, -0.05) is 0 Å². The zero-order chi connectivity index (χ0) is 16.0. The molecule has 1 aromatic carbocycles. The second-order valence-corrected chi connectivity index (χ2v) is 5.29. The Hall–Kier alpha value is -2.09. The first-order valence-corrected chi connectivity index (χ1v) is 7.36. The molecule has 1 aromatic rings. The Bertz CT molecular complexity index is 559. The monoisotopic (exact) mass is 312 g/mol. The summed E-state index contributed by atoms with van der Waals surface area (Å²) < 4.78 is 4.82. The summed E-state index contributed by atoms with van der Waals surface area (Å²) in [6.45, 7) is 3.14. The van der Waals surface area contributed by atoms with Crippen LogP contribution in [0.1, 0.15) is 24.2 Å². The van der Waals surface area contributed by atoms with Gasteiger partial charge in [0.05, 0.1) is 15.4 Å². The molecule has 21 heavy (non-hydrogen) atoms. The van der Waals surface area contributed by atoms with E-state index < -0.39 is 23.4 Å². The summed E-state index contributed by atoms with van der Waals surface area (Å²) in [5.74, 6) is -1.20. The molecule has 0 saturated carbocycles. The molecule has 1 amide bonds. The van der Waals surface area contributed by atoms with E-state index in [-0.39, 0.29) is 17.3 Å². The third kappa shape index (κ3) is 5.07. The van der Waals surface area contributed by atoms with Crippen LogP contribution in [0.3, 0.4) is 0 Å². The van der Waals surface area contributed by atoms with Crippen molar-refractivity contribution in [2.24, 2.45) is 0 Å². The number of amides is 1. The highest BCUT2D eigenvalue weighted by Crippen LogP contribution is 2.28. The number of carbonyl (C=O) groups is 2. The molecule has 0 heterocycles. The molecule has 0 aliphatic heterocycles. The molecule has 1 rings (SSSR count). The smallest absolute Gasteiger partial charge is 0.338 e. The Morgan fingerprint density at radius 3 is 2.62 bits per heavy atom. The van der Waals surface area contributed by atoms with Crippen molar-refractivity contribution in [2.75, 3.05) is 12.9 Å². The zero-order valence-electron chi connectivity index (χ0n) is 11.9. The van der Waals surface area contributed by atoms with Gasteiger partial charge in [-0.3, -0.25) is 14.9 Å². The van der Waals surface area contributed by atoms with Crippen LogP contribution in [0.4, 0.5) is 5.69 Å². The highest BCUT2D eigenvalue weighted by molar-refractivity contribution is 7.98. The van der Waals surface area contributed by atoms with E-state index in [0.29, 0.717) is 4.90 Å². The lowest BCUT2D eigenvalue weighted by molar-refractivity contribution is -0.387. The Morgan fingerprint density at radius 1 is 1.43 bits per heavy atom. The lowest BCUT2D eigenvalue weighted by atomic mass is 10.2. The van der Waals surface area contributed by atoms with Gasteiger partial charge in [-0.05, 0) is 32.2 Å². The van der Waals surface area contributed by atoms with Crippen molar-refractivity contribution < 1.29 is 19.2 Å². The van der Waals surface area contributed by atoms with Gasteiger partial charge in [0, 0.05) is 12.1 Å². The van der Waals surface area contributed by atoms with Gasteiger partial charge in [-0.2, -0.15) is 0 Å². The maximum atomic E-state index is 11.8. The molecule has 8 heteroatoms. The lowest BCUT2D eigenvalue weighted by Crippen LogP contribution is -2.33. The van der Waals surface area contributed by atoms with Crippen LogP contribution < -0.4 is 5.32 Å². The molecule has 0 bridgehead atoms. The van der Waals surface area contributed by atoms with Crippen LogP contribution in [0.2, 0.25) is 0 Å². The van der Waals surface area contributed by atoms with Crippen LogP contribution in [-0.4, -0.2) is 35.7 Å². The van der Waals surface area contributed by atoms with E-state index in [4.69, 9.17) is 4.74 Å². The van der Waals surface area contributed by atoms with Crippen molar-refractivity contribution in [3.63, 3.8) is 0 Å². The molecule has 1 N–H and O–H groups in total. The molecule has 0 aliphatic carbocycles. The molecular weight excluding hydrogens is 296 g/mol. The highest BCUT2D eigenvalue weighted by Gasteiger charge is 2.18. The van der Waals surface area contributed by atoms with Gasteiger partial charge in [-0.25, -0.2) is 4.79 Å². The SMILES string of the molecule is CSc1ccc(C(=O)OCC(=O)NC(C)C)cc1[N+](=O)[O-]. The van der Waals surface area contributed by atoms with Gasteiger partial charge < -0.3 is 10.1 Å². The predicted octanol–water partition coefficient (Wildman–Crippen LogP) is 2.00. The van der Waals surface area contributed by atoms with Gasteiger partial charge >= 0.3 is 5.97 Å². The number of hydrogen-bond donors (Lipinski definition) is 1. The van der Waals surface area contributed by atoms with E-state index in [0.717, 1.165) is 6.07 Å². The first-order valence-electron chi connectivity index (χ1n) is 6.14. The number of hydrogen-bond acceptors (Lipinski definition) is 6. The van der Waals surface area contributed by atoms with E-state index in [1.807, 2.05) is 0 Å². The molecule has 0 spiro atoms. The molecular formula is C13H16N2O5S. The van der Waals surface area contributed by atoms with E-state index >= 15 is 0 Å². The van der Waals surface area contributed by atoms with Crippen LogP contribution >= 0.6 is 11.8 Å². The third-order valence-electron chi connectivity index (χ3n) is 2.40. The van der Waals surface area contributed by atoms with Crippen molar-refractivity contribution in [3.8, 4) is 0 Å². The average Bonchev–Trinajstić information content (AvgIpc) is 2.43. The molecule has 7 nitrogen and oxygen atoms in total. The van der Waals surface area contributed by atoms with Gasteiger partial charge in [0.25, 0.3) is 11.6 Å². The predicted molar refractivity (Wildman–Crippen MR) is 78.4 cm³/mol. The van der Waals surface area contributed by atoms with Crippen molar-refractivity contribution >= 4 is 29.3 Å². The van der Waals surface area contributed by atoms with Crippen molar-refractivity contribution in [3.05, 3.63) is 33.9 Å². The normalized spacial score (nSPS) is 10.3. The Labute approximate surface area is 126 Å². The molecule has 0 radical (unpaired) electrons. The molecule has 0 atom stereocenters. The number of rotatable bonds is 6. The maximum absolute atomic E-state index is 11.8.